The van der Waals surface area contributed by atoms with Crippen molar-refractivity contribution in [3.63, 3.8) is 0 Å². The van der Waals surface area contributed by atoms with Crippen LogP contribution in [0.3, 0.4) is 0 Å². The second kappa shape index (κ2) is 7.13. The van der Waals surface area contributed by atoms with Gasteiger partial charge in [0.1, 0.15) is 5.75 Å². The number of amides is 1. The minimum Gasteiger partial charge on any atom is -0.497 e. The van der Waals surface area contributed by atoms with Gasteiger partial charge in [-0.15, -0.1) is 0 Å². The van der Waals surface area contributed by atoms with Crippen LogP contribution in [0, 0.1) is 0 Å². The number of nitrogens with one attached hydrogen (secondary N) is 1. The lowest BCUT2D eigenvalue weighted by Crippen LogP contribution is -2.24. The maximum absolute atomic E-state index is 11.4. The Balaban J connectivity index is 1.99. The van der Waals surface area contributed by atoms with E-state index in [2.05, 4.69) is 17.4 Å². The van der Waals surface area contributed by atoms with E-state index in [9.17, 15) is 4.79 Å². The number of hydrogen-bond acceptors (Lipinski definition) is 2. The SMILES string of the molecule is C/C=C/C(=O)NCCC1CCCc2ccc(OC)cc21. The number of fused-ring (bicyclic) bond motifs is 1. The number of rotatable bonds is 5. The predicted molar refractivity (Wildman–Crippen MR) is 81.1 cm³/mol. The maximum Gasteiger partial charge on any atom is 0.243 e. The molecule has 108 valence electrons. The van der Waals surface area contributed by atoms with Crippen LogP contribution in [0.5, 0.6) is 5.75 Å². The second-order valence-corrected chi connectivity index (χ2v) is 5.23. The van der Waals surface area contributed by atoms with E-state index in [1.165, 1.54) is 24.0 Å². The highest BCUT2D eigenvalue weighted by Crippen LogP contribution is 2.35. The topological polar surface area (TPSA) is 38.3 Å². The van der Waals surface area contributed by atoms with Crippen LogP contribution >= 0.6 is 0 Å². The van der Waals surface area contributed by atoms with Gasteiger partial charge in [0.2, 0.25) is 5.91 Å². The number of hydrogen-bond donors (Lipinski definition) is 1. The molecule has 1 aromatic carbocycles. The van der Waals surface area contributed by atoms with Crippen LogP contribution < -0.4 is 10.1 Å². The van der Waals surface area contributed by atoms with Gasteiger partial charge in [0.15, 0.2) is 0 Å². The van der Waals surface area contributed by atoms with Crippen LogP contribution in [-0.2, 0) is 11.2 Å². The summed E-state index contributed by atoms with van der Waals surface area (Å²) >= 11 is 0. The van der Waals surface area contributed by atoms with Gasteiger partial charge in [0, 0.05) is 6.54 Å². The molecule has 1 aliphatic rings. The van der Waals surface area contributed by atoms with Crippen LogP contribution in [-0.4, -0.2) is 19.6 Å². The van der Waals surface area contributed by atoms with E-state index < -0.39 is 0 Å². The first-order chi connectivity index (χ1) is 9.74. The zero-order valence-electron chi connectivity index (χ0n) is 12.3. The third-order valence-corrected chi connectivity index (χ3v) is 3.90. The molecule has 1 atom stereocenters. The van der Waals surface area contributed by atoms with Gasteiger partial charge in [-0.25, -0.2) is 0 Å². The van der Waals surface area contributed by atoms with Gasteiger partial charge in [0.25, 0.3) is 0 Å². The molecule has 20 heavy (non-hydrogen) atoms. The van der Waals surface area contributed by atoms with Gasteiger partial charge >= 0.3 is 0 Å². The fourth-order valence-electron chi connectivity index (χ4n) is 2.88. The van der Waals surface area contributed by atoms with E-state index in [0.29, 0.717) is 5.92 Å². The molecule has 2 rings (SSSR count). The van der Waals surface area contributed by atoms with Crippen molar-refractivity contribution in [1.82, 2.24) is 5.32 Å². The lowest BCUT2D eigenvalue weighted by atomic mass is 9.81. The normalized spacial score (nSPS) is 17.8. The fourth-order valence-corrected chi connectivity index (χ4v) is 2.88. The summed E-state index contributed by atoms with van der Waals surface area (Å²) in [7, 11) is 1.71. The Morgan fingerprint density at radius 1 is 1.50 bits per heavy atom. The van der Waals surface area contributed by atoms with Gasteiger partial charge in [-0.1, -0.05) is 12.1 Å². The molecule has 0 saturated heterocycles. The van der Waals surface area contributed by atoms with E-state index in [1.54, 1.807) is 19.3 Å². The number of carbonyl (C=O) groups excluding carboxylic acids is 1. The van der Waals surface area contributed by atoms with Gasteiger partial charge in [-0.05, 0) is 67.9 Å². The van der Waals surface area contributed by atoms with E-state index in [4.69, 9.17) is 4.74 Å². The van der Waals surface area contributed by atoms with Crippen LogP contribution in [0.25, 0.3) is 0 Å². The minimum atomic E-state index is -0.00539. The zero-order chi connectivity index (χ0) is 14.4. The number of benzene rings is 1. The van der Waals surface area contributed by atoms with Crippen molar-refractivity contribution in [3.05, 3.63) is 41.5 Å². The molecule has 0 fully saturated rings. The van der Waals surface area contributed by atoms with E-state index in [-0.39, 0.29) is 5.91 Å². The molecule has 0 bridgehead atoms. The minimum absolute atomic E-state index is 0.00539. The summed E-state index contributed by atoms with van der Waals surface area (Å²) in [5.41, 5.74) is 2.83. The van der Waals surface area contributed by atoms with Gasteiger partial charge in [-0.2, -0.15) is 0 Å². The first-order valence-electron chi connectivity index (χ1n) is 7.32. The summed E-state index contributed by atoms with van der Waals surface area (Å²) in [5.74, 6) is 1.45. The average Bonchev–Trinajstić information content (AvgIpc) is 2.47. The Morgan fingerprint density at radius 3 is 3.10 bits per heavy atom. The second-order valence-electron chi connectivity index (χ2n) is 5.23. The fraction of sp³-hybridized carbons (Fsp3) is 0.471. The highest BCUT2D eigenvalue weighted by atomic mass is 16.5. The average molecular weight is 273 g/mol. The third-order valence-electron chi connectivity index (χ3n) is 3.90. The van der Waals surface area contributed by atoms with E-state index >= 15 is 0 Å². The molecule has 1 aromatic rings. The highest BCUT2D eigenvalue weighted by molar-refractivity contribution is 5.87. The van der Waals surface area contributed by atoms with Crippen molar-refractivity contribution < 1.29 is 9.53 Å². The summed E-state index contributed by atoms with van der Waals surface area (Å²) in [6.07, 6.45) is 7.89. The summed E-state index contributed by atoms with van der Waals surface area (Å²) in [4.78, 5) is 11.4. The van der Waals surface area contributed by atoms with Crippen molar-refractivity contribution in [3.8, 4) is 5.75 Å². The van der Waals surface area contributed by atoms with E-state index in [1.807, 2.05) is 13.0 Å². The van der Waals surface area contributed by atoms with Gasteiger partial charge < -0.3 is 10.1 Å². The molecule has 0 radical (unpaired) electrons. The van der Waals surface area contributed by atoms with Crippen molar-refractivity contribution in [2.45, 2.75) is 38.5 Å². The molecular formula is C17H23NO2. The van der Waals surface area contributed by atoms with E-state index in [0.717, 1.165) is 25.1 Å². The smallest absolute Gasteiger partial charge is 0.243 e. The van der Waals surface area contributed by atoms with Crippen LogP contribution in [0.15, 0.2) is 30.4 Å². The van der Waals surface area contributed by atoms with Crippen LogP contribution in [0.2, 0.25) is 0 Å². The Morgan fingerprint density at radius 2 is 2.35 bits per heavy atom. The van der Waals surface area contributed by atoms with Crippen molar-refractivity contribution in [1.29, 1.82) is 0 Å². The van der Waals surface area contributed by atoms with Crippen LogP contribution in [0.4, 0.5) is 0 Å². The molecule has 1 unspecified atom stereocenters. The molecule has 0 saturated carbocycles. The highest BCUT2D eigenvalue weighted by Gasteiger charge is 2.20. The molecule has 3 heteroatoms. The summed E-state index contributed by atoms with van der Waals surface area (Å²) in [6, 6.07) is 6.38. The number of methoxy groups -OCH3 is 1. The molecule has 0 aliphatic heterocycles. The van der Waals surface area contributed by atoms with Gasteiger partial charge in [0.05, 0.1) is 7.11 Å². The molecule has 0 spiro atoms. The van der Waals surface area contributed by atoms with Crippen molar-refractivity contribution in [2.75, 3.05) is 13.7 Å². The quantitative estimate of drug-likeness (QED) is 0.837. The van der Waals surface area contributed by atoms with Gasteiger partial charge in [-0.3, -0.25) is 4.79 Å². The van der Waals surface area contributed by atoms with Crippen molar-refractivity contribution >= 4 is 5.91 Å². The summed E-state index contributed by atoms with van der Waals surface area (Å²) in [5, 5.41) is 2.93. The Labute approximate surface area is 121 Å². The maximum atomic E-state index is 11.4. The molecule has 1 amide bonds. The molecule has 3 nitrogen and oxygen atoms in total. The number of allylic oxidation sites excluding steroid dienone is 1. The monoisotopic (exact) mass is 273 g/mol. The first-order valence-corrected chi connectivity index (χ1v) is 7.32. The molecule has 0 aromatic heterocycles. The molecule has 0 heterocycles. The Hall–Kier alpha value is -1.77. The number of carbonyl (C=O) groups is 1. The number of ether oxygens (including phenoxy) is 1. The standard InChI is InChI=1S/C17H23NO2/c1-3-5-17(19)18-11-10-14-7-4-6-13-8-9-15(20-2)12-16(13)14/h3,5,8-9,12,14H,4,6-7,10-11H2,1-2H3,(H,18,19)/b5-3+. The first kappa shape index (κ1) is 14.6. The Kier molecular flexibility index (Phi) is 5.22. The largest absolute Gasteiger partial charge is 0.497 e. The molecular weight excluding hydrogens is 250 g/mol. The summed E-state index contributed by atoms with van der Waals surface area (Å²) in [6.45, 7) is 2.58. The lowest BCUT2D eigenvalue weighted by Gasteiger charge is -2.26. The molecule has 1 aliphatic carbocycles. The lowest BCUT2D eigenvalue weighted by molar-refractivity contribution is -0.116. The predicted octanol–water partition coefficient (Wildman–Crippen LogP) is 3.20. The zero-order valence-corrected chi connectivity index (χ0v) is 12.3. The van der Waals surface area contributed by atoms with Crippen molar-refractivity contribution in [2.24, 2.45) is 0 Å². The van der Waals surface area contributed by atoms with Crippen LogP contribution in [0.1, 0.15) is 43.2 Å². The third kappa shape index (κ3) is 3.62. The summed E-state index contributed by atoms with van der Waals surface area (Å²) < 4.78 is 5.32. The Bertz CT molecular complexity index is 494. The molecule has 1 N–H and O–H groups in total. The number of aryl methyl sites for hydroxylation is 1.